The van der Waals surface area contributed by atoms with Crippen LogP contribution >= 0.6 is 11.8 Å². The lowest BCUT2D eigenvalue weighted by Crippen LogP contribution is -2.60. The molecule has 79 heavy (non-hydrogen) atoms. The molecule has 1 aromatic heterocycles. The molecule has 2 heterocycles. The highest BCUT2D eigenvalue weighted by atomic mass is 32.2. The quantitative estimate of drug-likeness (QED) is 0.0245. The predicted octanol–water partition coefficient (Wildman–Crippen LogP) is 5.66. The van der Waals surface area contributed by atoms with Crippen molar-refractivity contribution >= 4 is 87.8 Å². The van der Waals surface area contributed by atoms with Crippen molar-refractivity contribution in [1.82, 2.24) is 31.9 Å². The van der Waals surface area contributed by atoms with Crippen molar-refractivity contribution in [2.75, 3.05) is 25.0 Å². The Bertz CT molecular complexity index is 2710. The van der Waals surface area contributed by atoms with Crippen LogP contribution in [0.25, 0.3) is 17.0 Å². The Labute approximate surface area is 469 Å². The lowest BCUT2D eigenvalue weighted by molar-refractivity contribution is -0.671. The molecule has 0 saturated carbocycles. The fourth-order valence-corrected chi connectivity index (χ4v) is 9.47. The second kappa shape index (κ2) is 29.3. The number of thioether (sulfide) groups is 1. The van der Waals surface area contributed by atoms with Crippen LogP contribution in [-0.4, -0.2) is 114 Å². The van der Waals surface area contributed by atoms with Crippen molar-refractivity contribution in [3.05, 3.63) is 71.4 Å². The van der Waals surface area contributed by atoms with Crippen LogP contribution in [0.5, 0.6) is 0 Å². The maximum Gasteiger partial charge on any atom is 0.308 e. The number of esters is 3. The number of rotatable bonds is 26. The van der Waals surface area contributed by atoms with Crippen LogP contribution in [0.15, 0.2) is 70.7 Å². The zero-order valence-corrected chi connectivity index (χ0v) is 49.0. The largest absolute Gasteiger partial charge is 0.460 e. The molecular weight excluding hydrogens is 1030 g/mol. The zero-order chi connectivity index (χ0) is 58.8. The predicted molar refractivity (Wildman–Crippen MR) is 302 cm³/mol. The van der Waals surface area contributed by atoms with Crippen molar-refractivity contribution in [3.8, 4) is 0 Å². The van der Waals surface area contributed by atoms with Gasteiger partial charge in [-0.3, -0.25) is 43.2 Å². The van der Waals surface area contributed by atoms with Crippen LogP contribution in [0, 0.1) is 5.92 Å². The Hall–Kier alpha value is -7.03. The average Bonchev–Trinajstić information content (AvgIpc) is 3.72. The van der Waals surface area contributed by atoms with Gasteiger partial charge in [0.1, 0.15) is 47.5 Å². The summed E-state index contributed by atoms with van der Waals surface area (Å²) in [4.78, 5) is 123. The summed E-state index contributed by atoms with van der Waals surface area (Å²) in [6.45, 7) is 20.0. The highest BCUT2D eigenvalue weighted by Gasteiger charge is 2.36. The molecule has 20 nitrogen and oxygen atoms in total. The summed E-state index contributed by atoms with van der Waals surface area (Å²) in [5, 5.41) is 17.8. The summed E-state index contributed by atoms with van der Waals surface area (Å²) in [7, 11) is 2.08. The average molecular weight is 1120 g/mol. The Morgan fingerprint density at radius 1 is 0.620 bits per heavy atom. The number of hydrogen-bond donors (Lipinski definition) is 6. The van der Waals surface area contributed by atoms with Crippen LogP contribution in [0.1, 0.15) is 140 Å². The minimum Gasteiger partial charge on any atom is -0.460 e. The number of amides is 6. The standard InChI is InChI=1S/C58H82N8O12S/c1-36(2)51(64-53(73)40(26-27-48(69)76-56(4,5)6)62-54(74)42(61-37(3)67)35-50(71)78-58(10,11)12)55(75)63-41(34-49(70)77-57(7,8)9)52(72)60-30-29-59-46(68)25-15-14-20-31-66-32-28-38(39-21-16-17-22-43(39)66)33-47-65(13)44-23-18-19-24-45(44)79-47/h16-19,21-24,28,32-33,36,40-42,51H,14-15,20,25-27,29-31,34-35H2,1-13H3,(H5-,59,60,61,62,63,64,67,68,72,73,74,75)/p+1/t40-,41-,42-,51-/m0/s1. The molecule has 6 N–H and O–H groups in total. The molecule has 4 rings (SSSR count). The Kier molecular flexibility index (Phi) is 23.9. The molecule has 0 spiro atoms. The van der Waals surface area contributed by atoms with Gasteiger partial charge < -0.3 is 51.0 Å². The minimum atomic E-state index is -1.50. The fraction of sp³-hybridized carbons (Fsp3) is 0.552. The van der Waals surface area contributed by atoms with Gasteiger partial charge in [-0.1, -0.05) is 49.9 Å². The third-order valence-corrected chi connectivity index (χ3v) is 13.1. The van der Waals surface area contributed by atoms with Crippen molar-refractivity contribution < 1.29 is 61.9 Å². The van der Waals surface area contributed by atoms with E-state index < -0.39 is 107 Å². The van der Waals surface area contributed by atoms with Gasteiger partial charge >= 0.3 is 17.9 Å². The topological polar surface area (TPSA) is 261 Å². The third kappa shape index (κ3) is 22.3. The first kappa shape index (κ1) is 64.5. The Morgan fingerprint density at radius 2 is 1.18 bits per heavy atom. The lowest BCUT2D eigenvalue weighted by atomic mass is 10.0. The zero-order valence-electron chi connectivity index (χ0n) is 48.2. The Morgan fingerprint density at radius 3 is 1.78 bits per heavy atom. The molecule has 6 amide bonds. The number of anilines is 1. The monoisotopic (exact) mass is 1120 g/mol. The number of benzene rings is 2. The van der Waals surface area contributed by atoms with Gasteiger partial charge in [0.05, 0.1) is 28.9 Å². The first-order valence-corrected chi connectivity index (χ1v) is 27.7. The van der Waals surface area contributed by atoms with Gasteiger partial charge in [-0.15, -0.1) is 0 Å². The van der Waals surface area contributed by atoms with Gasteiger partial charge in [-0.05, 0) is 117 Å². The molecule has 3 aromatic rings. The Balaban J connectivity index is 1.35. The first-order chi connectivity index (χ1) is 36.9. The molecule has 0 bridgehead atoms. The molecule has 432 valence electrons. The minimum absolute atomic E-state index is 0.0413. The number of carbonyl (C=O) groups excluding carboxylic acids is 9. The summed E-state index contributed by atoms with van der Waals surface area (Å²) in [5.41, 5.74) is 0.733. The van der Waals surface area contributed by atoms with E-state index >= 15 is 0 Å². The number of nitrogens with zero attached hydrogens (tertiary/aromatic N) is 2. The maximum atomic E-state index is 14.1. The molecule has 21 heteroatoms. The van der Waals surface area contributed by atoms with Gasteiger partial charge in [0.2, 0.25) is 41.0 Å². The van der Waals surface area contributed by atoms with E-state index in [-0.39, 0.29) is 38.3 Å². The van der Waals surface area contributed by atoms with Crippen molar-refractivity contribution in [3.63, 3.8) is 0 Å². The normalized spacial score (nSPS) is 14.5. The van der Waals surface area contributed by atoms with Gasteiger partial charge in [0.25, 0.3) is 0 Å². The van der Waals surface area contributed by atoms with E-state index in [2.05, 4.69) is 97.1 Å². The molecule has 0 fully saturated rings. The molecule has 0 unspecified atom stereocenters. The summed E-state index contributed by atoms with van der Waals surface area (Å²) < 4.78 is 18.5. The molecule has 0 saturated heterocycles. The van der Waals surface area contributed by atoms with Crippen molar-refractivity contribution in [1.29, 1.82) is 0 Å². The number of aromatic nitrogens is 1. The molecule has 2 aromatic carbocycles. The van der Waals surface area contributed by atoms with Gasteiger partial charge in [0.15, 0.2) is 6.20 Å². The van der Waals surface area contributed by atoms with Gasteiger partial charge in [-0.25, -0.2) is 0 Å². The molecule has 1 aliphatic heterocycles. The highest BCUT2D eigenvalue weighted by Crippen LogP contribution is 2.45. The van der Waals surface area contributed by atoms with E-state index in [1.54, 1.807) is 87.9 Å². The van der Waals surface area contributed by atoms with Gasteiger partial charge in [0, 0.05) is 63.4 Å². The van der Waals surface area contributed by atoms with Crippen molar-refractivity contribution in [2.24, 2.45) is 5.92 Å². The second-order valence-corrected chi connectivity index (χ2v) is 23.9. The fourth-order valence-electron chi connectivity index (χ4n) is 8.36. The van der Waals surface area contributed by atoms with Crippen LogP contribution < -0.4 is 41.4 Å². The van der Waals surface area contributed by atoms with Crippen LogP contribution in [0.2, 0.25) is 0 Å². The summed E-state index contributed by atoms with van der Waals surface area (Å²) >= 11 is 1.75. The van der Waals surface area contributed by atoms with Crippen molar-refractivity contribution in [2.45, 2.75) is 187 Å². The highest BCUT2D eigenvalue weighted by molar-refractivity contribution is 8.03. The number of unbranched alkanes of at least 4 members (excludes halogenated alkanes) is 2. The summed E-state index contributed by atoms with van der Waals surface area (Å²) in [6, 6.07) is 13.0. The van der Waals surface area contributed by atoms with E-state index in [0.717, 1.165) is 47.8 Å². The van der Waals surface area contributed by atoms with Crippen LogP contribution in [0.4, 0.5) is 5.69 Å². The van der Waals surface area contributed by atoms with Crippen LogP contribution in [-0.2, 0) is 63.9 Å². The van der Waals surface area contributed by atoms with E-state index in [1.165, 1.54) is 10.6 Å². The number of aryl methyl sites for hydroxylation is 1. The maximum absolute atomic E-state index is 14.1. The van der Waals surface area contributed by atoms with Crippen LogP contribution in [0.3, 0.4) is 0 Å². The van der Waals surface area contributed by atoms with E-state index in [1.807, 2.05) is 18.2 Å². The summed E-state index contributed by atoms with van der Waals surface area (Å²) in [6.07, 6.45) is 5.05. The number of ether oxygens (including phenoxy) is 3. The first-order valence-electron chi connectivity index (χ1n) is 26.9. The lowest BCUT2D eigenvalue weighted by Gasteiger charge is -2.28. The number of para-hydroxylation sites is 2. The van der Waals surface area contributed by atoms with E-state index in [4.69, 9.17) is 14.2 Å². The molecule has 0 radical (unpaired) electrons. The number of hydrogen-bond acceptors (Lipinski definition) is 14. The molecule has 4 atom stereocenters. The van der Waals surface area contributed by atoms with Gasteiger partial charge in [-0.2, -0.15) is 4.57 Å². The second-order valence-electron chi connectivity index (χ2n) is 22.9. The van der Waals surface area contributed by atoms with E-state index in [9.17, 15) is 43.2 Å². The number of carbonyl (C=O) groups is 9. The number of pyridine rings is 1. The smallest absolute Gasteiger partial charge is 0.308 e. The summed E-state index contributed by atoms with van der Waals surface area (Å²) in [5.74, 6) is -7.27. The third-order valence-electron chi connectivity index (χ3n) is 11.9. The number of nitrogens with one attached hydrogen (secondary N) is 6. The SMILES string of the molecule is CC(=O)N[C@@H](CC(=O)OC(C)(C)C)C(=O)N[C@@H](CCC(=O)OC(C)(C)C)C(=O)N[C@H](C(=O)N[C@@H](CC(=O)OC(C)(C)C)C(=O)NCCNC(=O)CCCCC[n+]1ccc(C=C2Sc3ccccc3N2C)c2ccccc21)C(C)C. The molecule has 1 aliphatic rings. The number of fused-ring (bicyclic) bond motifs is 2. The molecule has 0 aliphatic carbocycles. The van der Waals surface area contributed by atoms with E-state index in [0.29, 0.717) is 6.42 Å². The molecular formula is C58H83N8O12S+.